The molecule has 5 nitrogen and oxygen atoms in total. The SMILES string of the molecule is CC(CCN)C(C)(CCCN)C(C)(O)CCC(O)O. The van der Waals surface area contributed by atoms with Crippen molar-refractivity contribution in [3.8, 4) is 0 Å². The van der Waals surface area contributed by atoms with Gasteiger partial charge in [-0.15, -0.1) is 0 Å². The van der Waals surface area contributed by atoms with Crippen molar-refractivity contribution < 1.29 is 15.3 Å². The van der Waals surface area contributed by atoms with Gasteiger partial charge in [0.2, 0.25) is 0 Å². The number of aliphatic hydroxyl groups is 3. The summed E-state index contributed by atoms with van der Waals surface area (Å²) in [7, 11) is 0. The van der Waals surface area contributed by atoms with E-state index >= 15 is 0 Å². The van der Waals surface area contributed by atoms with Crippen molar-refractivity contribution in [1.82, 2.24) is 0 Å². The lowest BCUT2D eigenvalue weighted by molar-refractivity contribution is -0.123. The van der Waals surface area contributed by atoms with Crippen LogP contribution in [0.2, 0.25) is 0 Å². The van der Waals surface area contributed by atoms with Crippen LogP contribution in [-0.4, -0.2) is 40.3 Å². The van der Waals surface area contributed by atoms with Crippen molar-refractivity contribution in [2.75, 3.05) is 13.1 Å². The molecule has 0 bridgehead atoms. The maximum Gasteiger partial charge on any atom is 0.151 e. The third kappa shape index (κ3) is 5.36. The van der Waals surface area contributed by atoms with E-state index in [1.165, 1.54) is 0 Å². The van der Waals surface area contributed by atoms with E-state index in [1.807, 2.05) is 6.92 Å². The Balaban J connectivity index is 4.96. The Labute approximate surface area is 117 Å². The van der Waals surface area contributed by atoms with Crippen molar-refractivity contribution in [2.45, 2.75) is 64.8 Å². The predicted molar refractivity (Wildman–Crippen MR) is 77.3 cm³/mol. The van der Waals surface area contributed by atoms with Crippen molar-refractivity contribution in [3.05, 3.63) is 0 Å². The first-order valence-corrected chi connectivity index (χ1v) is 7.20. The molecule has 116 valence electrons. The van der Waals surface area contributed by atoms with Crippen LogP contribution in [-0.2, 0) is 0 Å². The molecule has 0 rings (SSSR count). The van der Waals surface area contributed by atoms with Crippen molar-refractivity contribution in [1.29, 1.82) is 0 Å². The summed E-state index contributed by atoms with van der Waals surface area (Å²) in [5.74, 6) is 0.245. The van der Waals surface area contributed by atoms with Crippen LogP contribution in [0.1, 0.15) is 52.9 Å². The summed E-state index contributed by atoms with van der Waals surface area (Å²) in [4.78, 5) is 0. The highest BCUT2D eigenvalue weighted by Crippen LogP contribution is 2.46. The molecule has 0 radical (unpaired) electrons. The first-order chi connectivity index (χ1) is 8.71. The molecule has 0 fully saturated rings. The third-order valence-corrected chi connectivity index (χ3v) is 4.71. The fourth-order valence-electron chi connectivity index (χ4n) is 2.78. The van der Waals surface area contributed by atoms with E-state index in [0.29, 0.717) is 19.5 Å². The molecule has 3 atom stereocenters. The standard InChI is InChI=1S/C14H32N2O3/c1-11(6-10-16)13(2,7-4-9-15)14(3,19)8-5-12(17)18/h11-12,17-19H,4-10,15-16H2,1-3H3. The second-order valence-corrected chi connectivity index (χ2v) is 6.08. The largest absolute Gasteiger partial charge is 0.390 e. The number of rotatable bonds is 10. The van der Waals surface area contributed by atoms with Gasteiger partial charge in [-0.05, 0) is 57.0 Å². The molecular weight excluding hydrogens is 244 g/mol. The monoisotopic (exact) mass is 276 g/mol. The molecule has 0 aliphatic carbocycles. The van der Waals surface area contributed by atoms with E-state index in [9.17, 15) is 5.11 Å². The highest BCUT2D eigenvalue weighted by Gasteiger charge is 2.45. The first kappa shape index (κ1) is 18.8. The summed E-state index contributed by atoms with van der Waals surface area (Å²) in [6.45, 7) is 7.08. The van der Waals surface area contributed by atoms with Gasteiger partial charge in [-0.2, -0.15) is 0 Å². The van der Waals surface area contributed by atoms with Crippen LogP contribution in [0.15, 0.2) is 0 Å². The topological polar surface area (TPSA) is 113 Å². The van der Waals surface area contributed by atoms with Crippen molar-refractivity contribution in [3.63, 3.8) is 0 Å². The molecule has 0 aromatic heterocycles. The molecule has 5 heteroatoms. The molecule has 19 heavy (non-hydrogen) atoms. The second kappa shape index (κ2) is 8.17. The highest BCUT2D eigenvalue weighted by molar-refractivity contribution is 4.96. The average molecular weight is 276 g/mol. The first-order valence-electron chi connectivity index (χ1n) is 7.20. The molecule has 7 N–H and O–H groups in total. The zero-order valence-corrected chi connectivity index (χ0v) is 12.6. The molecule has 0 heterocycles. The van der Waals surface area contributed by atoms with Gasteiger partial charge in [0.1, 0.15) is 0 Å². The smallest absolute Gasteiger partial charge is 0.151 e. The van der Waals surface area contributed by atoms with Gasteiger partial charge in [0.05, 0.1) is 5.60 Å². The number of nitrogens with two attached hydrogens (primary N) is 2. The van der Waals surface area contributed by atoms with Crippen molar-refractivity contribution in [2.24, 2.45) is 22.8 Å². The Morgan fingerprint density at radius 1 is 1.00 bits per heavy atom. The number of hydrogen-bond donors (Lipinski definition) is 5. The quantitative estimate of drug-likeness (QED) is 0.374. The highest BCUT2D eigenvalue weighted by atomic mass is 16.5. The molecular formula is C14H32N2O3. The number of hydrogen-bond acceptors (Lipinski definition) is 5. The Kier molecular flexibility index (Phi) is 8.08. The van der Waals surface area contributed by atoms with E-state index < -0.39 is 11.9 Å². The Hall–Kier alpha value is -0.200. The van der Waals surface area contributed by atoms with Crippen LogP contribution in [0.5, 0.6) is 0 Å². The predicted octanol–water partition coefficient (Wildman–Crippen LogP) is 0.558. The molecule has 0 saturated heterocycles. The summed E-state index contributed by atoms with van der Waals surface area (Å²) in [5, 5.41) is 28.8. The summed E-state index contributed by atoms with van der Waals surface area (Å²) in [5.41, 5.74) is 9.92. The molecule has 0 spiro atoms. The van der Waals surface area contributed by atoms with Crippen LogP contribution in [0, 0.1) is 11.3 Å². The van der Waals surface area contributed by atoms with Crippen LogP contribution in [0.25, 0.3) is 0 Å². The van der Waals surface area contributed by atoms with Crippen LogP contribution < -0.4 is 11.5 Å². The second-order valence-electron chi connectivity index (χ2n) is 6.08. The van der Waals surface area contributed by atoms with E-state index in [4.69, 9.17) is 21.7 Å². The van der Waals surface area contributed by atoms with Gasteiger partial charge >= 0.3 is 0 Å². The van der Waals surface area contributed by atoms with Gasteiger partial charge < -0.3 is 26.8 Å². The summed E-state index contributed by atoms with van der Waals surface area (Å²) in [6.07, 6.45) is 1.61. The molecule has 0 aromatic rings. The van der Waals surface area contributed by atoms with E-state index in [1.54, 1.807) is 6.92 Å². The van der Waals surface area contributed by atoms with Gasteiger partial charge in [-0.3, -0.25) is 0 Å². The van der Waals surface area contributed by atoms with Gasteiger partial charge in [0.15, 0.2) is 6.29 Å². The molecule has 0 aliphatic heterocycles. The van der Waals surface area contributed by atoms with Gasteiger partial charge in [0.25, 0.3) is 0 Å². The normalized spacial score (nSPS) is 20.1. The van der Waals surface area contributed by atoms with Gasteiger partial charge in [-0.25, -0.2) is 0 Å². The minimum absolute atomic E-state index is 0.167. The fourth-order valence-corrected chi connectivity index (χ4v) is 2.78. The van der Waals surface area contributed by atoms with Crippen LogP contribution >= 0.6 is 0 Å². The van der Waals surface area contributed by atoms with Crippen LogP contribution in [0.4, 0.5) is 0 Å². The van der Waals surface area contributed by atoms with Gasteiger partial charge in [-0.1, -0.05) is 13.8 Å². The lowest BCUT2D eigenvalue weighted by Crippen LogP contribution is -2.49. The minimum Gasteiger partial charge on any atom is -0.390 e. The summed E-state index contributed by atoms with van der Waals surface area (Å²) < 4.78 is 0. The third-order valence-electron chi connectivity index (χ3n) is 4.71. The maximum atomic E-state index is 10.8. The van der Waals surface area contributed by atoms with Gasteiger partial charge in [0, 0.05) is 6.42 Å². The minimum atomic E-state index is -1.38. The molecule has 0 aromatic carbocycles. The zero-order valence-electron chi connectivity index (χ0n) is 12.6. The molecule has 0 aliphatic rings. The Morgan fingerprint density at radius 3 is 2.00 bits per heavy atom. The zero-order chi connectivity index (χ0) is 15.1. The van der Waals surface area contributed by atoms with Crippen LogP contribution in [0.3, 0.4) is 0 Å². The Morgan fingerprint density at radius 2 is 1.58 bits per heavy atom. The summed E-state index contributed by atoms with van der Waals surface area (Å²) in [6, 6.07) is 0. The van der Waals surface area contributed by atoms with E-state index in [-0.39, 0.29) is 17.8 Å². The lowest BCUT2D eigenvalue weighted by Gasteiger charge is -2.48. The number of aliphatic hydroxyl groups excluding tert-OH is 1. The average Bonchev–Trinajstić information content (AvgIpc) is 2.33. The molecule has 0 saturated carbocycles. The lowest BCUT2D eigenvalue weighted by atomic mass is 9.61. The Bertz CT molecular complexity index is 247. The van der Waals surface area contributed by atoms with Crippen molar-refractivity contribution >= 4 is 0 Å². The van der Waals surface area contributed by atoms with E-state index in [2.05, 4.69) is 6.92 Å². The fraction of sp³-hybridized carbons (Fsp3) is 1.00. The molecule has 3 unspecified atom stereocenters. The summed E-state index contributed by atoms with van der Waals surface area (Å²) >= 11 is 0. The van der Waals surface area contributed by atoms with E-state index in [0.717, 1.165) is 19.3 Å². The molecule has 0 amide bonds. The maximum absolute atomic E-state index is 10.8.